The maximum atomic E-state index is 12.4. The zero-order valence-electron chi connectivity index (χ0n) is 14.6. The van der Waals surface area contributed by atoms with Crippen molar-refractivity contribution in [2.75, 3.05) is 25.0 Å². The Morgan fingerprint density at radius 1 is 1.36 bits per heavy atom. The minimum atomic E-state index is -0.265. The SMILES string of the molecule is C[C@@H](c1ccon1)N(C)C(=O)Cn1ncc(N2CCCCC2)cc1=O. The van der Waals surface area contributed by atoms with Gasteiger partial charge in [-0.3, -0.25) is 9.59 Å². The Morgan fingerprint density at radius 3 is 2.76 bits per heavy atom. The molecule has 1 amide bonds. The third kappa shape index (κ3) is 3.89. The molecule has 2 aromatic rings. The van der Waals surface area contributed by atoms with Crippen molar-refractivity contribution >= 4 is 11.6 Å². The summed E-state index contributed by atoms with van der Waals surface area (Å²) in [5.41, 5.74) is 1.23. The Bertz CT molecular complexity index is 765. The molecule has 3 heterocycles. The smallest absolute Gasteiger partial charge is 0.269 e. The monoisotopic (exact) mass is 345 g/mol. The van der Waals surface area contributed by atoms with Crippen molar-refractivity contribution in [2.24, 2.45) is 0 Å². The summed E-state index contributed by atoms with van der Waals surface area (Å²) in [4.78, 5) is 28.5. The van der Waals surface area contributed by atoms with E-state index in [1.54, 1.807) is 25.4 Å². The van der Waals surface area contributed by atoms with E-state index in [0.29, 0.717) is 5.69 Å². The predicted octanol–water partition coefficient (Wildman–Crippen LogP) is 1.44. The van der Waals surface area contributed by atoms with E-state index in [4.69, 9.17) is 4.52 Å². The van der Waals surface area contributed by atoms with Crippen LogP contribution in [0.3, 0.4) is 0 Å². The van der Waals surface area contributed by atoms with Crippen LogP contribution in [0.5, 0.6) is 0 Å². The normalized spacial score (nSPS) is 15.8. The molecule has 0 spiro atoms. The number of likely N-dealkylation sites (N-methyl/N-ethyl adjacent to an activating group) is 1. The van der Waals surface area contributed by atoms with Crippen molar-refractivity contribution in [2.45, 2.75) is 38.8 Å². The van der Waals surface area contributed by atoms with Gasteiger partial charge in [0, 0.05) is 32.3 Å². The fourth-order valence-electron chi connectivity index (χ4n) is 2.96. The highest BCUT2D eigenvalue weighted by Gasteiger charge is 2.21. The number of anilines is 1. The molecule has 8 heteroatoms. The van der Waals surface area contributed by atoms with Gasteiger partial charge in [0.05, 0.1) is 17.9 Å². The number of rotatable bonds is 5. The Morgan fingerprint density at radius 2 is 2.12 bits per heavy atom. The lowest BCUT2D eigenvalue weighted by Crippen LogP contribution is -2.37. The van der Waals surface area contributed by atoms with E-state index in [0.717, 1.165) is 31.6 Å². The van der Waals surface area contributed by atoms with E-state index in [9.17, 15) is 9.59 Å². The Hall–Kier alpha value is -2.64. The van der Waals surface area contributed by atoms with Gasteiger partial charge in [0.15, 0.2) is 0 Å². The van der Waals surface area contributed by atoms with Gasteiger partial charge in [-0.2, -0.15) is 5.10 Å². The maximum Gasteiger partial charge on any atom is 0.269 e. The van der Waals surface area contributed by atoms with E-state index in [-0.39, 0.29) is 24.1 Å². The molecule has 8 nitrogen and oxygen atoms in total. The van der Waals surface area contributed by atoms with E-state index >= 15 is 0 Å². The lowest BCUT2D eigenvalue weighted by Gasteiger charge is -2.28. The standard InChI is InChI=1S/C17H23N5O3/c1-13(15-6-9-25-19-15)20(2)17(24)12-22-16(23)10-14(11-18-22)21-7-4-3-5-8-21/h6,9-11,13H,3-5,7-8,12H2,1-2H3/t13-/m0/s1. The largest absolute Gasteiger partial charge is 0.370 e. The zero-order valence-corrected chi connectivity index (χ0v) is 14.6. The minimum absolute atomic E-state index is 0.0994. The molecule has 0 bridgehead atoms. The Labute approximate surface area is 146 Å². The molecule has 1 fully saturated rings. The molecule has 0 aliphatic carbocycles. The summed E-state index contributed by atoms with van der Waals surface area (Å²) in [6.45, 7) is 3.65. The average Bonchev–Trinajstić information content (AvgIpc) is 3.17. The van der Waals surface area contributed by atoms with Gasteiger partial charge in [0.25, 0.3) is 5.56 Å². The van der Waals surface area contributed by atoms with E-state index in [1.165, 1.54) is 22.3 Å². The number of hydrogen-bond donors (Lipinski definition) is 0. The molecule has 0 saturated carbocycles. The van der Waals surface area contributed by atoms with Crippen LogP contribution in [-0.4, -0.2) is 45.9 Å². The maximum absolute atomic E-state index is 12.4. The molecular weight excluding hydrogens is 322 g/mol. The van der Waals surface area contributed by atoms with Gasteiger partial charge in [-0.1, -0.05) is 5.16 Å². The van der Waals surface area contributed by atoms with Gasteiger partial charge >= 0.3 is 0 Å². The lowest BCUT2D eigenvalue weighted by molar-refractivity contribution is -0.132. The number of carbonyl (C=O) groups excluding carboxylic acids is 1. The molecular formula is C17H23N5O3. The highest BCUT2D eigenvalue weighted by Crippen LogP contribution is 2.18. The fourth-order valence-corrected chi connectivity index (χ4v) is 2.96. The molecule has 134 valence electrons. The molecule has 0 N–H and O–H groups in total. The predicted molar refractivity (Wildman–Crippen MR) is 92.2 cm³/mol. The third-order valence-electron chi connectivity index (χ3n) is 4.72. The van der Waals surface area contributed by atoms with Crippen molar-refractivity contribution in [1.82, 2.24) is 19.8 Å². The summed E-state index contributed by atoms with van der Waals surface area (Å²) in [6.07, 6.45) is 6.63. The van der Waals surface area contributed by atoms with Crippen molar-refractivity contribution in [1.29, 1.82) is 0 Å². The third-order valence-corrected chi connectivity index (χ3v) is 4.72. The Kier molecular flexibility index (Phi) is 5.16. The van der Waals surface area contributed by atoms with Crippen LogP contribution in [0, 0.1) is 0 Å². The second-order valence-corrected chi connectivity index (χ2v) is 6.36. The molecule has 1 atom stereocenters. The molecule has 25 heavy (non-hydrogen) atoms. The van der Waals surface area contributed by atoms with Gasteiger partial charge < -0.3 is 14.3 Å². The summed E-state index contributed by atoms with van der Waals surface area (Å²) >= 11 is 0. The van der Waals surface area contributed by atoms with Gasteiger partial charge in [0.2, 0.25) is 5.91 Å². The van der Waals surface area contributed by atoms with Crippen LogP contribution in [0.25, 0.3) is 0 Å². The van der Waals surface area contributed by atoms with Crippen LogP contribution in [-0.2, 0) is 11.3 Å². The van der Waals surface area contributed by atoms with Crippen molar-refractivity contribution < 1.29 is 9.32 Å². The number of nitrogens with zero attached hydrogens (tertiary/aromatic N) is 5. The van der Waals surface area contributed by atoms with Gasteiger partial charge in [-0.25, -0.2) is 4.68 Å². The molecule has 1 saturated heterocycles. The fraction of sp³-hybridized carbons (Fsp3) is 0.529. The van der Waals surface area contributed by atoms with Crippen molar-refractivity contribution in [3.63, 3.8) is 0 Å². The summed E-state index contributed by atoms with van der Waals surface area (Å²) < 4.78 is 6.01. The minimum Gasteiger partial charge on any atom is -0.370 e. The summed E-state index contributed by atoms with van der Waals surface area (Å²) in [6, 6.07) is 3.04. The van der Waals surface area contributed by atoms with Gasteiger partial charge in [-0.15, -0.1) is 0 Å². The summed E-state index contributed by atoms with van der Waals surface area (Å²) in [7, 11) is 1.68. The van der Waals surface area contributed by atoms with Crippen LogP contribution in [0.4, 0.5) is 5.69 Å². The molecule has 0 unspecified atom stereocenters. The van der Waals surface area contributed by atoms with Crippen LogP contribution in [0.15, 0.2) is 33.9 Å². The lowest BCUT2D eigenvalue weighted by atomic mass is 10.1. The highest BCUT2D eigenvalue weighted by molar-refractivity contribution is 5.76. The Balaban J connectivity index is 1.67. The quantitative estimate of drug-likeness (QED) is 0.815. The first-order chi connectivity index (χ1) is 12.1. The zero-order chi connectivity index (χ0) is 17.8. The second-order valence-electron chi connectivity index (χ2n) is 6.36. The summed E-state index contributed by atoms with van der Waals surface area (Å²) in [5.74, 6) is -0.212. The van der Waals surface area contributed by atoms with Crippen LogP contribution >= 0.6 is 0 Å². The van der Waals surface area contributed by atoms with Crippen molar-refractivity contribution in [3.8, 4) is 0 Å². The van der Waals surface area contributed by atoms with E-state index in [1.807, 2.05) is 6.92 Å². The first-order valence-electron chi connectivity index (χ1n) is 8.54. The van der Waals surface area contributed by atoms with Gasteiger partial charge in [0.1, 0.15) is 18.5 Å². The molecule has 0 radical (unpaired) electrons. The van der Waals surface area contributed by atoms with Crippen LogP contribution in [0.2, 0.25) is 0 Å². The molecule has 1 aliphatic heterocycles. The average molecular weight is 345 g/mol. The van der Waals surface area contributed by atoms with E-state index < -0.39 is 0 Å². The molecule has 0 aromatic carbocycles. The first kappa shape index (κ1) is 17.2. The van der Waals surface area contributed by atoms with Crippen LogP contribution < -0.4 is 10.5 Å². The number of hydrogen-bond acceptors (Lipinski definition) is 6. The topological polar surface area (TPSA) is 84.5 Å². The van der Waals surface area contributed by atoms with Crippen molar-refractivity contribution in [3.05, 3.63) is 40.6 Å². The van der Waals surface area contributed by atoms with E-state index in [2.05, 4.69) is 15.2 Å². The molecule has 2 aromatic heterocycles. The first-order valence-corrected chi connectivity index (χ1v) is 8.54. The molecule has 3 rings (SSSR count). The molecule has 1 aliphatic rings. The highest BCUT2D eigenvalue weighted by atomic mass is 16.5. The van der Waals surface area contributed by atoms with Gasteiger partial charge in [-0.05, 0) is 26.2 Å². The number of amides is 1. The number of carbonyl (C=O) groups is 1. The number of aromatic nitrogens is 3. The second kappa shape index (κ2) is 7.50. The number of piperidine rings is 1. The summed E-state index contributed by atoms with van der Waals surface area (Å²) in [5, 5.41) is 8.03. The van der Waals surface area contributed by atoms with Crippen LogP contribution in [0.1, 0.15) is 37.9 Å².